The summed E-state index contributed by atoms with van der Waals surface area (Å²) in [4.78, 5) is 12.9. The van der Waals surface area contributed by atoms with Gasteiger partial charge in [0.1, 0.15) is 11.6 Å². The largest absolute Gasteiger partial charge is 0.354 e. The highest BCUT2D eigenvalue weighted by Gasteiger charge is 2.24. The van der Waals surface area contributed by atoms with Gasteiger partial charge in [-0.25, -0.2) is 0 Å². The van der Waals surface area contributed by atoms with Gasteiger partial charge in [-0.2, -0.15) is 5.26 Å². The standard InChI is InChI=1S/C16H10N2O2S/c1-10-4-6-11(7-5-10)16-12(9-17)14(18-20-16)15(19)13-3-2-8-21-13/h2-8H,1H3. The van der Waals surface area contributed by atoms with Crippen molar-refractivity contribution in [1.82, 2.24) is 5.16 Å². The fourth-order valence-corrected chi connectivity index (χ4v) is 2.64. The van der Waals surface area contributed by atoms with E-state index in [9.17, 15) is 10.1 Å². The molecule has 2 heterocycles. The highest BCUT2D eigenvalue weighted by Crippen LogP contribution is 2.28. The third-order valence-electron chi connectivity index (χ3n) is 3.08. The van der Waals surface area contributed by atoms with E-state index in [1.165, 1.54) is 11.3 Å². The Bertz CT molecular complexity index is 824. The van der Waals surface area contributed by atoms with Crippen molar-refractivity contribution in [1.29, 1.82) is 5.26 Å². The molecule has 21 heavy (non-hydrogen) atoms. The van der Waals surface area contributed by atoms with Crippen molar-refractivity contribution in [2.75, 3.05) is 0 Å². The zero-order chi connectivity index (χ0) is 14.8. The lowest BCUT2D eigenvalue weighted by Crippen LogP contribution is -2.01. The van der Waals surface area contributed by atoms with Gasteiger partial charge in [-0.15, -0.1) is 11.3 Å². The molecule has 0 saturated carbocycles. The van der Waals surface area contributed by atoms with Gasteiger partial charge in [0, 0.05) is 5.56 Å². The first-order valence-electron chi connectivity index (χ1n) is 6.25. The Morgan fingerprint density at radius 3 is 2.67 bits per heavy atom. The molecule has 0 atom stereocenters. The van der Waals surface area contributed by atoms with E-state index < -0.39 is 0 Å². The molecule has 3 aromatic rings. The van der Waals surface area contributed by atoms with Crippen LogP contribution in [0.3, 0.4) is 0 Å². The van der Waals surface area contributed by atoms with E-state index in [1.54, 1.807) is 17.5 Å². The van der Waals surface area contributed by atoms with Crippen LogP contribution in [0.15, 0.2) is 46.3 Å². The fraction of sp³-hybridized carbons (Fsp3) is 0.0625. The van der Waals surface area contributed by atoms with Crippen LogP contribution in [0.4, 0.5) is 0 Å². The molecule has 0 aliphatic carbocycles. The summed E-state index contributed by atoms with van der Waals surface area (Å²) in [6.07, 6.45) is 0. The molecule has 5 heteroatoms. The summed E-state index contributed by atoms with van der Waals surface area (Å²) in [7, 11) is 0. The molecule has 0 aliphatic rings. The maximum absolute atomic E-state index is 12.3. The number of aryl methyl sites for hydroxylation is 1. The second kappa shape index (κ2) is 5.35. The summed E-state index contributed by atoms with van der Waals surface area (Å²) in [5.74, 6) is 0.0427. The summed E-state index contributed by atoms with van der Waals surface area (Å²) in [6, 6.07) is 13.0. The lowest BCUT2D eigenvalue weighted by Gasteiger charge is -1.97. The Labute approximate surface area is 125 Å². The molecule has 0 radical (unpaired) electrons. The highest BCUT2D eigenvalue weighted by molar-refractivity contribution is 7.12. The molecule has 0 spiro atoms. The average molecular weight is 294 g/mol. The van der Waals surface area contributed by atoms with E-state index >= 15 is 0 Å². The minimum atomic E-state index is -0.288. The van der Waals surface area contributed by atoms with Gasteiger partial charge in [0.05, 0.1) is 4.88 Å². The molecular formula is C16H10N2O2S. The topological polar surface area (TPSA) is 66.9 Å². The van der Waals surface area contributed by atoms with Crippen molar-refractivity contribution in [2.45, 2.75) is 6.92 Å². The summed E-state index contributed by atoms with van der Waals surface area (Å²) in [6.45, 7) is 1.97. The van der Waals surface area contributed by atoms with Gasteiger partial charge in [-0.1, -0.05) is 41.1 Å². The van der Waals surface area contributed by atoms with Gasteiger partial charge in [-0.05, 0) is 18.4 Å². The monoisotopic (exact) mass is 294 g/mol. The molecule has 0 bridgehead atoms. The Morgan fingerprint density at radius 2 is 2.05 bits per heavy atom. The molecule has 0 aliphatic heterocycles. The molecule has 102 valence electrons. The van der Waals surface area contributed by atoms with E-state index in [2.05, 4.69) is 5.16 Å². The van der Waals surface area contributed by atoms with Crippen LogP contribution >= 0.6 is 11.3 Å². The molecule has 0 unspecified atom stereocenters. The molecule has 1 aromatic carbocycles. The average Bonchev–Trinajstić information content (AvgIpc) is 3.16. The maximum Gasteiger partial charge on any atom is 0.226 e. The van der Waals surface area contributed by atoms with Gasteiger partial charge in [0.25, 0.3) is 0 Å². The lowest BCUT2D eigenvalue weighted by molar-refractivity contribution is 0.103. The predicted octanol–water partition coefficient (Wildman–Crippen LogP) is 3.81. The number of carbonyl (C=O) groups is 1. The predicted molar refractivity (Wildman–Crippen MR) is 79.1 cm³/mol. The second-order valence-electron chi connectivity index (χ2n) is 4.52. The minimum Gasteiger partial charge on any atom is -0.354 e. The summed E-state index contributed by atoms with van der Waals surface area (Å²) >= 11 is 1.31. The quantitative estimate of drug-likeness (QED) is 0.689. The minimum absolute atomic E-state index is 0.0653. The zero-order valence-electron chi connectivity index (χ0n) is 11.2. The molecule has 0 amide bonds. The number of ketones is 1. The first-order valence-corrected chi connectivity index (χ1v) is 7.13. The zero-order valence-corrected chi connectivity index (χ0v) is 12.0. The number of carbonyl (C=O) groups excluding carboxylic acids is 1. The molecule has 0 fully saturated rings. The number of nitrogens with zero attached hydrogens (tertiary/aromatic N) is 2. The number of hydrogen-bond donors (Lipinski definition) is 0. The van der Waals surface area contributed by atoms with E-state index in [-0.39, 0.29) is 17.0 Å². The molecule has 0 N–H and O–H groups in total. The van der Waals surface area contributed by atoms with Gasteiger partial charge in [-0.3, -0.25) is 4.79 Å². The maximum atomic E-state index is 12.3. The van der Waals surface area contributed by atoms with Gasteiger partial charge in [0.15, 0.2) is 11.5 Å². The van der Waals surface area contributed by atoms with E-state index in [1.807, 2.05) is 37.3 Å². The van der Waals surface area contributed by atoms with Crippen LogP contribution in [-0.2, 0) is 0 Å². The Balaban J connectivity index is 2.08. The first kappa shape index (κ1) is 13.3. The number of hydrogen-bond acceptors (Lipinski definition) is 5. The van der Waals surface area contributed by atoms with Gasteiger partial charge in [0.2, 0.25) is 5.78 Å². The van der Waals surface area contributed by atoms with E-state index in [0.717, 1.165) is 11.1 Å². The lowest BCUT2D eigenvalue weighted by atomic mass is 10.0. The van der Waals surface area contributed by atoms with Gasteiger partial charge < -0.3 is 4.52 Å². The SMILES string of the molecule is Cc1ccc(-c2onc(C(=O)c3cccs3)c2C#N)cc1. The van der Waals surface area contributed by atoms with Crippen LogP contribution in [0.2, 0.25) is 0 Å². The number of aromatic nitrogens is 1. The van der Waals surface area contributed by atoms with Crippen molar-refractivity contribution in [3.8, 4) is 17.4 Å². The number of benzene rings is 1. The van der Waals surface area contributed by atoms with Crippen LogP contribution in [0.5, 0.6) is 0 Å². The van der Waals surface area contributed by atoms with E-state index in [4.69, 9.17) is 4.52 Å². The molecular weight excluding hydrogens is 284 g/mol. The van der Waals surface area contributed by atoms with Crippen molar-refractivity contribution in [2.24, 2.45) is 0 Å². The smallest absolute Gasteiger partial charge is 0.226 e. The van der Waals surface area contributed by atoms with Crippen molar-refractivity contribution in [3.05, 3.63) is 63.5 Å². The molecule has 0 saturated heterocycles. The number of thiophene rings is 1. The van der Waals surface area contributed by atoms with Crippen molar-refractivity contribution >= 4 is 17.1 Å². The number of rotatable bonds is 3. The summed E-state index contributed by atoms with van der Waals surface area (Å²) in [5, 5.41) is 15.0. The Kier molecular flexibility index (Phi) is 3.38. The Morgan fingerprint density at radius 1 is 1.29 bits per heavy atom. The van der Waals surface area contributed by atoms with Crippen LogP contribution in [-0.4, -0.2) is 10.9 Å². The van der Waals surface area contributed by atoms with Crippen LogP contribution in [0.25, 0.3) is 11.3 Å². The van der Waals surface area contributed by atoms with Crippen molar-refractivity contribution in [3.63, 3.8) is 0 Å². The first-order chi connectivity index (χ1) is 10.2. The fourth-order valence-electron chi connectivity index (χ4n) is 1.98. The normalized spacial score (nSPS) is 10.3. The molecule has 4 nitrogen and oxygen atoms in total. The number of nitriles is 1. The molecule has 3 rings (SSSR count). The highest BCUT2D eigenvalue weighted by atomic mass is 32.1. The van der Waals surface area contributed by atoms with Gasteiger partial charge >= 0.3 is 0 Å². The molecule has 2 aromatic heterocycles. The third-order valence-corrected chi connectivity index (χ3v) is 3.95. The van der Waals surface area contributed by atoms with Crippen LogP contribution in [0.1, 0.15) is 26.5 Å². The van der Waals surface area contributed by atoms with Crippen LogP contribution in [0, 0.1) is 18.3 Å². The van der Waals surface area contributed by atoms with Crippen LogP contribution < -0.4 is 0 Å². The summed E-state index contributed by atoms with van der Waals surface area (Å²) in [5.41, 5.74) is 2.08. The third kappa shape index (κ3) is 2.37. The van der Waals surface area contributed by atoms with Crippen molar-refractivity contribution < 1.29 is 9.32 Å². The second-order valence-corrected chi connectivity index (χ2v) is 5.47. The Hall–Kier alpha value is -2.71. The summed E-state index contributed by atoms with van der Waals surface area (Å²) < 4.78 is 5.24. The van der Waals surface area contributed by atoms with E-state index in [0.29, 0.717) is 10.6 Å².